The number of hydrogen-bond donors (Lipinski definition) is 0. The number of nitrogens with zero attached hydrogens (tertiary/aromatic N) is 1. The molecule has 0 amide bonds. The molecule has 0 spiro atoms. The fourth-order valence-electron chi connectivity index (χ4n) is 3.63. The molecular formula is C22H17NO2. The van der Waals surface area contributed by atoms with Crippen LogP contribution in [0.3, 0.4) is 0 Å². The van der Waals surface area contributed by atoms with Crippen molar-refractivity contribution in [3.63, 3.8) is 0 Å². The van der Waals surface area contributed by atoms with Crippen LogP contribution in [-0.2, 0) is 6.54 Å². The summed E-state index contributed by atoms with van der Waals surface area (Å²) in [6, 6.07) is 20.9. The number of benzene rings is 2. The van der Waals surface area contributed by atoms with Crippen molar-refractivity contribution in [2.45, 2.75) is 13.5 Å². The summed E-state index contributed by atoms with van der Waals surface area (Å²) in [5.74, 6) is 1.79. The Morgan fingerprint density at radius 2 is 1.24 bits per heavy atom. The van der Waals surface area contributed by atoms with Crippen LogP contribution in [0.25, 0.3) is 44.5 Å². The van der Waals surface area contributed by atoms with Gasteiger partial charge in [0.1, 0.15) is 11.5 Å². The zero-order valence-corrected chi connectivity index (χ0v) is 13.9. The van der Waals surface area contributed by atoms with E-state index in [-0.39, 0.29) is 0 Å². The summed E-state index contributed by atoms with van der Waals surface area (Å²) in [6.45, 7) is 3.08. The lowest BCUT2D eigenvalue weighted by molar-refractivity contribution is 0.582. The van der Waals surface area contributed by atoms with E-state index in [1.807, 2.05) is 24.3 Å². The lowest BCUT2D eigenvalue weighted by Crippen LogP contribution is -1.93. The largest absolute Gasteiger partial charge is 0.464 e. The topological polar surface area (TPSA) is 31.2 Å². The zero-order chi connectivity index (χ0) is 16.8. The molecule has 3 aromatic heterocycles. The van der Waals surface area contributed by atoms with Crippen LogP contribution in [0.1, 0.15) is 6.92 Å². The van der Waals surface area contributed by atoms with E-state index in [4.69, 9.17) is 8.83 Å². The Kier molecular flexibility index (Phi) is 3.07. The first-order chi connectivity index (χ1) is 12.3. The maximum absolute atomic E-state index is 5.56. The maximum Gasteiger partial charge on any atom is 0.133 e. The third kappa shape index (κ3) is 2.13. The van der Waals surface area contributed by atoms with Crippen molar-refractivity contribution in [2.75, 3.05) is 0 Å². The lowest BCUT2D eigenvalue weighted by Gasteiger charge is -2.05. The van der Waals surface area contributed by atoms with Gasteiger partial charge in [0.25, 0.3) is 0 Å². The highest BCUT2D eigenvalue weighted by Gasteiger charge is 2.13. The van der Waals surface area contributed by atoms with E-state index in [1.165, 1.54) is 21.8 Å². The minimum absolute atomic E-state index is 0.895. The van der Waals surface area contributed by atoms with Gasteiger partial charge in [-0.05, 0) is 43.3 Å². The molecule has 3 heteroatoms. The molecule has 3 heterocycles. The summed E-state index contributed by atoms with van der Waals surface area (Å²) in [7, 11) is 0. The second-order valence-corrected chi connectivity index (χ2v) is 6.16. The summed E-state index contributed by atoms with van der Waals surface area (Å²) in [6.07, 6.45) is 3.43. The van der Waals surface area contributed by atoms with E-state index in [9.17, 15) is 0 Å². The van der Waals surface area contributed by atoms with Gasteiger partial charge in [-0.3, -0.25) is 0 Å². The second kappa shape index (κ2) is 5.42. The predicted molar refractivity (Wildman–Crippen MR) is 101 cm³/mol. The zero-order valence-electron chi connectivity index (χ0n) is 13.9. The predicted octanol–water partition coefficient (Wildman–Crippen LogP) is 6.33. The first-order valence-electron chi connectivity index (χ1n) is 8.49. The molecule has 0 radical (unpaired) electrons. The van der Waals surface area contributed by atoms with Gasteiger partial charge in [0, 0.05) is 39.5 Å². The monoisotopic (exact) mass is 327 g/mol. The fourth-order valence-corrected chi connectivity index (χ4v) is 3.63. The Morgan fingerprint density at radius 3 is 1.64 bits per heavy atom. The van der Waals surface area contributed by atoms with Crippen molar-refractivity contribution in [3.05, 3.63) is 73.2 Å². The van der Waals surface area contributed by atoms with Crippen LogP contribution in [0.4, 0.5) is 0 Å². The summed E-state index contributed by atoms with van der Waals surface area (Å²) >= 11 is 0. The van der Waals surface area contributed by atoms with E-state index in [1.54, 1.807) is 12.5 Å². The Bertz CT molecular complexity index is 1070. The Morgan fingerprint density at radius 1 is 0.720 bits per heavy atom. The Labute approximate surface area is 145 Å². The second-order valence-electron chi connectivity index (χ2n) is 6.16. The molecule has 3 nitrogen and oxygen atoms in total. The Hall–Kier alpha value is -3.20. The van der Waals surface area contributed by atoms with Gasteiger partial charge < -0.3 is 13.4 Å². The van der Waals surface area contributed by atoms with Crippen LogP contribution in [0, 0.1) is 0 Å². The molecule has 0 aliphatic heterocycles. The van der Waals surface area contributed by atoms with E-state index in [2.05, 4.69) is 47.9 Å². The number of rotatable bonds is 3. The van der Waals surface area contributed by atoms with Gasteiger partial charge in [0.2, 0.25) is 0 Å². The summed E-state index contributed by atoms with van der Waals surface area (Å²) in [4.78, 5) is 0. The number of aryl methyl sites for hydroxylation is 1. The molecule has 122 valence electrons. The first-order valence-corrected chi connectivity index (χ1v) is 8.49. The highest BCUT2D eigenvalue weighted by atomic mass is 16.3. The van der Waals surface area contributed by atoms with Gasteiger partial charge in [-0.25, -0.2) is 0 Å². The van der Waals surface area contributed by atoms with Gasteiger partial charge in [-0.2, -0.15) is 0 Å². The van der Waals surface area contributed by atoms with Crippen LogP contribution in [-0.4, -0.2) is 4.57 Å². The standard InChI is InChI=1S/C22H17NO2/c1-2-23-19-13-15(21-5-3-11-24-21)7-9-17(19)18-10-8-16(14-20(18)23)22-6-4-12-25-22/h3-14H,2H2,1H3. The molecule has 0 N–H and O–H groups in total. The molecule has 0 bridgehead atoms. The van der Waals surface area contributed by atoms with Gasteiger partial charge in [-0.1, -0.05) is 24.3 Å². The van der Waals surface area contributed by atoms with Gasteiger partial charge in [0.05, 0.1) is 12.5 Å². The third-order valence-corrected chi connectivity index (χ3v) is 4.79. The van der Waals surface area contributed by atoms with Crippen molar-refractivity contribution in [3.8, 4) is 22.6 Å². The smallest absolute Gasteiger partial charge is 0.133 e. The molecule has 0 aliphatic carbocycles. The van der Waals surface area contributed by atoms with Gasteiger partial charge in [-0.15, -0.1) is 0 Å². The van der Waals surface area contributed by atoms with Crippen molar-refractivity contribution in [1.82, 2.24) is 4.57 Å². The Balaban J connectivity index is 1.79. The van der Waals surface area contributed by atoms with Gasteiger partial charge >= 0.3 is 0 Å². The molecule has 0 saturated heterocycles. The summed E-state index contributed by atoms with van der Waals surface area (Å²) in [5.41, 5.74) is 4.65. The SMILES string of the molecule is CCn1c2cc(-c3ccco3)ccc2c2ccc(-c3ccco3)cc21. The average Bonchev–Trinajstić information content (AvgIpc) is 3.39. The van der Waals surface area contributed by atoms with E-state index < -0.39 is 0 Å². The number of fused-ring (bicyclic) bond motifs is 3. The highest BCUT2D eigenvalue weighted by Crippen LogP contribution is 2.35. The molecule has 25 heavy (non-hydrogen) atoms. The van der Waals surface area contributed by atoms with Crippen LogP contribution in [0.15, 0.2) is 82.0 Å². The highest BCUT2D eigenvalue weighted by molar-refractivity contribution is 6.09. The maximum atomic E-state index is 5.56. The molecular weight excluding hydrogens is 310 g/mol. The van der Waals surface area contributed by atoms with Crippen molar-refractivity contribution in [1.29, 1.82) is 0 Å². The normalized spacial score (nSPS) is 11.6. The van der Waals surface area contributed by atoms with E-state index in [0.717, 1.165) is 29.2 Å². The van der Waals surface area contributed by atoms with E-state index in [0.29, 0.717) is 0 Å². The quantitative estimate of drug-likeness (QED) is 0.387. The van der Waals surface area contributed by atoms with Gasteiger partial charge in [0.15, 0.2) is 0 Å². The molecule has 0 fully saturated rings. The van der Waals surface area contributed by atoms with Crippen LogP contribution >= 0.6 is 0 Å². The number of hydrogen-bond acceptors (Lipinski definition) is 2. The van der Waals surface area contributed by atoms with Crippen LogP contribution in [0.5, 0.6) is 0 Å². The molecule has 0 atom stereocenters. The third-order valence-electron chi connectivity index (χ3n) is 4.79. The lowest BCUT2D eigenvalue weighted by atomic mass is 10.1. The minimum Gasteiger partial charge on any atom is -0.464 e. The molecule has 5 aromatic rings. The van der Waals surface area contributed by atoms with Crippen LogP contribution in [0.2, 0.25) is 0 Å². The fraction of sp³-hybridized carbons (Fsp3) is 0.0909. The first kappa shape index (κ1) is 14.2. The average molecular weight is 327 g/mol. The molecule has 0 saturated carbocycles. The molecule has 0 aliphatic rings. The van der Waals surface area contributed by atoms with E-state index >= 15 is 0 Å². The van der Waals surface area contributed by atoms with Crippen LogP contribution < -0.4 is 0 Å². The van der Waals surface area contributed by atoms with Crippen molar-refractivity contribution in [2.24, 2.45) is 0 Å². The number of furan rings is 2. The molecule has 0 unspecified atom stereocenters. The van der Waals surface area contributed by atoms with Crippen molar-refractivity contribution >= 4 is 21.8 Å². The number of aromatic nitrogens is 1. The molecule has 5 rings (SSSR count). The van der Waals surface area contributed by atoms with Crippen molar-refractivity contribution < 1.29 is 8.83 Å². The molecule has 2 aromatic carbocycles. The minimum atomic E-state index is 0.895. The summed E-state index contributed by atoms with van der Waals surface area (Å²) < 4.78 is 13.5. The summed E-state index contributed by atoms with van der Waals surface area (Å²) in [5, 5.41) is 2.52.